The number of hydrogen-bond donors (Lipinski definition) is 1. The van der Waals surface area contributed by atoms with E-state index in [0.29, 0.717) is 13.0 Å². The number of esters is 1. The van der Waals surface area contributed by atoms with E-state index < -0.39 is 5.97 Å². The SMILES string of the molecule is CCOC(=O)C1=C(O)CCN(C2CC2)C1=O.[H-].[Na+]. The predicted octanol–water partition coefficient (Wildman–Crippen LogP) is -2.13. The van der Waals surface area contributed by atoms with Gasteiger partial charge in [0.2, 0.25) is 0 Å². The second-order valence-corrected chi connectivity index (χ2v) is 4.02. The molecule has 0 unspecified atom stereocenters. The van der Waals surface area contributed by atoms with Gasteiger partial charge in [-0.2, -0.15) is 0 Å². The van der Waals surface area contributed by atoms with Crippen LogP contribution >= 0.6 is 0 Å². The van der Waals surface area contributed by atoms with Gasteiger partial charge in [-0.25, -0.2) is 4.79 Å². The van der Waals surface area contributed by atoms with Gasteiger partial charge in [0, 0.05) is 19.0 Å². The fourth-order valence-corrected chi connectivity index (χ4v) is 1.86. The van der Waals surface area contributed by atoms with E-state index in [9.17, 15) is 14.7 Å². The van der Waals surface area contributed by atoms with Crippen molar-refractivity contribution in [3.05, 3.63) is 11.3 Å². The van der Waals surface area contributed by atoms with Crippen molar-refractivity contribution in [1.82, 2.24) is 4.90 Å². The Morgan fingerprint density at radius 3 is 2.76 bits per heavy atom. The third kappa shape index (κ3) is 3.03. The number of carbonyl (C=O) groups excluding carboxylic acids is 2. The van der Waals surface area contributed by atoms with Crippen LogP contribution in [-0.4, -0.2) is 41.1 Å². The van der Waals surface area contributed by atoms with Crippen LogP contribution in [0.2, 0.25) is 0 Å². The van der Waals surface area contributed by atoms with Crippen LogP contribution < -0.4 is 29.6 Å². The van der Waals surface area contributed by atoms with Crippen LogP contribution in [0, 0.1) is 0 Å². The smallest absolute Gasteiger partial charge is 1.00 e. The van der Waals surface area contributed by atoms with Crippen LogP contribution in [0.5, 0.6) is 0 Å². The Kier molecular flexibility index (Phi) is 5.04. The maximum atomic E-state index is 11.9. The average Bonchev–Trinajstić information content (AvgIpc) is 3.02. The Bertz CT molecular complexity index is 368. The van der Waals surface area contributed by atoms with Crippen molar-refractivity contribution < 1.29 is 50.4 Å². The first-order valence-corrected chi connectivity index (χ1v) is 5.55. The monoisotopic (exact) mass is 249 g/mol. The van der Waals surface area contributed by atoms with E-state index in [1.165, 1.54) is 0 Å². The van der Waals surface area contributed by atoms with Gasteiger partial charge in [-0.15, -0.1) is 0 Å². The third-order valence-corrected chi connectivity index (χ3v) is 2.82. The maximum absolute atomic E-state index is 11.9. The van der Waals surface area contributed by atoms with E-state index in [1.807, 2.05) is 0 Å². The molecule has 0 bridgehead atoms. The summed E-state index contributed by atoms with van der Waals surface area (Å²) in [6.07, 6.45) is 2.32. The minimum absolute atomic E-state index is 0. The second-order valence-electron chi connectivity index (χ2n) is 4.02. The van der Waals surface area contributed by atoms with Gasteiger partial charge in [-0.05, 0) is 19.8 Å². The van der Waals surface area contributed by atoms with E-state index >= 15 is 0 Å². The number of aliphatic hydroxyl groups excluding tert-OH is 1. The van der Waals surface area contributed by atoms with Crippen LogP contribution in [-0.2, 0) is 14.3 Å². The zero-order chi connectivity index (χ0) is 11.7. The molecule has 1 saturated carbocycles. The van der Waals surface area contributed by atoms with Crippen LogP contribution in [0.25, 0.3) is 0 Å². The molecular formula is C11H16NNaO4. The van der Waals surface area contributed by atoms with Crippen molar-refractivity contribution in [3.8, 4) is 0 Å². The van der Waals surface area contributed by atoms with Gasteiger partial charge in [0.15, 0.2) is 5.57 Å². The molecule has 0 saturated heterocycles. The van der Waals surface area contributed by atoms with E-state index in [-0.39, 0.29) is 60.9 Å². The van der Waals surface area contributed by atoms with Gasteiger partial charge < -0.3 is 16.2 Å². The average molecular weight is 249 g/mol. The van der Waals surface area contributed by atoms with Gasteiger partial charge in [0.05, 0.1) is 6.61 Å². The molecule has 0 aromatic rings. The first-order valence-electron chi connectivity index (χ1n) is 5.55. The Hall–Kier alpha value is -0.520. The standard InChI is InChI=1S/C11H15NO4.Na.H/c1-2-16-11(15)9-8(13)5-6-12(10(9)14)7-3-4-7;;/h7,13H,2-6H2,1H3;;/q;+1;-1. The molecule has 1 fully saturated rings. The molecule has 1 aliphatic carbocycles. The molecule has 0 aromatic carbocycles. The van der Waals surface area contributed by atoms with E-state index in [2.05, 4.69) is 0 Å². The predicted molar refractivity (Wildman–Crippen MR) is 56.8 cm³/mol. The Morgan fingerprint density at radius 1 is 1.59 bits per heavy atom. The Balaban J connectivity index is 0.00000144. The summed E-state index contributed by atoms with van der Waals surface area (Å²) in [6.45, 7) is 2.37. The minimum Gasteiger partial charge on any atom is -1.00 e. The van der Waals surface area contributed by atoms with Crippen LogP contribution in [0.3, 0.4) is 0 Å². The molecule has 1 N–H and O–H groups in total. The van der Waals surface area contributed by atoms with Gasteiger partial charge >= 0.3 is 35.5 Å². The van der Waals surface area contributed by atoms with E-state index in [0.717, 1.165) is 12.8 Å². The zero-order valence-electron chi connectivity index (χ0n) is 11.2. The first-order chi connectivity index (χ1) is 7.65. The summed E-state index contributed by atoms with van der Waals surface area (Å²) in [6, 6.07) is 0.255. The molecule has 5 nitrogen and oxygen atoms in total. The number of aliphatic hydroxyl groups is 1. The Morgan fingerprint density at radius 2 is 2.24 bits per heavy atom. The van der Waals surface area contributed by atoms with Gasteiger partial charge in [-0.1, -0.05) is 0 Å². The van der Waals surface area contributed by atoms with Gasteiger partial charge in [-0.3, -0.25) is 4.79 Å². The summed E-state index contributed by atoms with van der Waals surface area (Å²) >= 11 is 0. The summed E-state index contributed by atoms with van der Waals surface area (Å²) in [5.41, 5.74) is -0.181. The molecule has 0 atom stereocenters. The maximum Gasteiger partial charge on any atom is 1.00 e. The third-order valence-electron chi connectivity index (χ3n) is 2.82. The molecule has 0 spiro atoms. The minimum atomic E-state index is -0.713. The largest absolute Gasteiger partial charge is 1.00 e. The van der Waals surface area contributed by atoms with Crippen molar-refractivity contribution in [2.45, 2.75) is 32.2 Å². The first kappa shape index (κ1) is 14.5. The summed E-state index contributed by atoms with van der Waals surface area (Å²) in [4.78, 5) is 25.1. The van der Waals surface area contributed by atoms with Gasteiger partial charge in [0.1, 0.15) is 5.76 Å². The molecule has 90 valence electrons. The van der Waals surface area contributed by atoms with Crippen molar-refractivity contribution in [3.63, 3.8) is 0 Å². The number of amides is 1. The van der Waals surface area contributed by atoms with Crippen LogP contribution in [0.15, 0.2) is 11.3 Å². The molecule has 1 aliphatic heterocycles. The molecule has 2 aliphatic rings. The van der Waals surface area contributed by atoms with Crippen LogP contribution in [0.4, 0.5) is 0 Å². The summed E-state index contributed by atoms with van der Waals surface area (Å²) in [5.74, 6) is -1.24. The fraction of sp³-hybridized carbons (Fsp3) is 0.636. The number of ether oxygens (including phenoxy) is 1. The summed E-state index contributed by atoms with van der Waals surface area (Å²) < 4.78 is 4.77. The normalized spacial score (nSPS) is 20.1. The number of carbonyl (C=O) groups is 2. The molecule has 0 radical (unpaired) electrons. The Labute approximate surface area is 124 Å². The topological polar surface area (TPSA) is 66.8 Å². The fourth-order valence-electron chi connectivity index (χ4n) is 1.86. The summed E-state index contributed by atoms with van der Waals surface area (Å²) in [7, 11) is 0. The van der Waals surface area contributed by atoms with E-state index in [4.69, 9.17) is 4.74 Å². The molecule has 1 heterocycles. The molecule has 6 heteroatoms. The molecule has 0 aromatic heterocycles. The molecular weight excluding hydrogens is 233 g/mol. The quantitative estimate of drug-likeness (QED) is 0.352. The van der Waals surface area contributed by atoms with Crippen LogP contribution in [0.1, 0.15) is 27.6 Å². The molecule has 2 rings (SSSR count). The molecule has 1 amide bonds. The number of hydrogen-bond acceptors (Lipinski definition) is 4. The van der Waals surface area contributed by atoms with Gasteiger partial charge in [0.25, 0.3) is 5.91 Å². The van der Waals surface area contributed by atoms with Crippen molar-refractivity contribution in [2.24, 2.45) is 0 Å². The number of rotatable bonds is 3. The summed E-state index contributed by atoms with van der Waals surface area (Å²) in [5, 5.41) is 9.59. The molecule has 17 heavy (non-hydrogen) atoms. The van der Waals surface area contributed by atoms with Crippen molar-refractivity contribution >= 4 is 11.9 Å². The zero-order valence-corrected chi connectivity index (χ0v) is 12.2. The second kappa shape index (κ2) is 5.89. The van der Waals surface area contributed by atoms with E-state index in [1.54, 1.807) is 11.8 Å². The van der Waals surface area contributed by atoms with Crippen molar-refractivity contribution in [1.29, 1.82) is 0 Å². The van der Waals surface area contributed by atoms with Crippen molar-refractivity contribution in [2.75, 3.05) is 13.2 Å². The number of nitrogens with zero attached hydrogens (tertiary/aromatic N) is 1.